The summed E-state index contributed by atoms with van der Waals surface area (Å²) < 4.78 is 4.74. The van der Waals surface area contributed by atoms with Gasteiger partial charge in [0, 0.05) is 6.54 Å². The first kappa shape index (κ1) is 11.2. The number of carbonyl (C=O) groups is 1. The standard InChI is InChI=1S/C12H13N3O2/c1-8-10(11(13)17-15-8)12(16)14-7-9-5-3-2-4-6-9/h2-6H,7,13H2,1H3,(H,14,16). The number of amides is 1. The fourth-order valence-electron chi connectivity index (χ4n) is 1.53. The number of anilines is 1. The lowest BCUT2D eigenvalue weighted by atomic mass is 10.2. The van der Waals surface area contributed by atoms with Crippen LogP contribution in [0.4, 0.5) is 5.88 Å². The van der Waals surface area contributed by atoms with Crippen molar-refractivity contribution in [3.05, 3.63) is 47.2 Å². The normalized spacial score (nSPS) is 10.2. The van der Waals surface area contributed by atoms with Crippen molar-refractivity contribution < 1.29 is 9.32 Å². The molecule has 0 fully saturated rings. The fourth-order valence-corrected chi connectivity index (χ4v) is 1.53. The predicted octanol–water partition coefficient (Wildman–Crippen LogP) is 1.50. The molecule has 1 aromatic heterocycles. The van der Waals surface area contributed by atoms with Crippen LogP contribution in [0, 0.1) is 6.92 Å². The van der Waals surface area contributed by atoms with Crippen LogP contribution in [-0.2, 0) is 6.54 Å². The highest BCUT2D eigenvalue weighted by molar-refractivity contribution is 5.98. The third kappa shape index (κ3) is 2.44. The Kier molecular flexibility index (Phi) is 3.09. The number of nitrogens with two attached hydrogens (primary N) is 1. The van der Waals surface area contributed by atoms with E-state index in [1.165, 1.54) is 0 Å². The lowest BCUT2D eigenvalue weighted by Gasteiger charge is -2.04. The zero-order chi connectivity index (χ0) is 12.3. The number of hydrogen-bond acceptors (Lipinski definition) is 4. The van der Waals surface area contributed by atoms with E-state index >= 15 is 0 Å². The van der Waals surface area contributed by atoms with Crippen molar-refractivity contribution in [2.75, 3.05) is 5.73 Å². The van der Waals surface area contributed by atoms with Crippen molar-refractivity contribution in [1.82, 2.24) is 10.5 Å². The number of nitrogens with zero attached hydrogens (tertiary/aromatic N) is 1. The van der Waals surface area contributed by atoms with E-state index in [0.29, 0.717) is 17.8 Å². The molecule has 0 aliphatic rings. The third-order valence-electron chi connectivity index (χ3n) is 2.41. The molecule has 1 heterocycles. The monoisotopic (exact) mass is 231 g/mol. The van der Waals surface area contributed by atoms with Crippen molar-refractivity contribution in [2.45, 2.75) is 13.5 Å². The first-order chi connectivity index (χ1) is 8.18. The molecule has 88 valence electrons. The van der Waals surface area contributed by atoms with Gasteiger partial charge in [-0.25, -0.2) is 0 Å². The summed E-state index contributed by atoms with van der Waals surface area (Å²) in [5.74, 6) is -0.224. The molecule has 3 N–H and O–H groups in total. The molecule has 0 saturated carbocycles. The van der Waals surface area contributed by atoms with E-state index in [0.717, 1.165) is 5.56 Å². The summed E-state index contributed by atoms with van der Waals surface area (Å²) >= 11 is 0. The fraction of sp³-hybridized carbons (Fsp3) is 0.167. The Balaban J connectivity index is 2.04. The molecular weight excluding hydrogens is 218 g/mol. The number of aromatic nitrogens is 1. The molecule has 0 aliphatic carbocycles. The van der Waals surface area contributed by atoms with Gasteiger partial charge < -0.3 is 15.6 Å². The second-order valence-electron chi connectivity index (χ2n) is 3.68. The first-order valence-corrected chi connectivity index (χ1v) is 5.22. The SMILES string of the molecule is Cc1noc(N)c1C(=O)NCc1ccccc1. The molecule has 1 aromatic carbocycles. The van der Waals surface area contributed by atoms with Crippen LogP contribution in [0.1, 0.15) is 21.6 Å². The molecule has 2 aromatic rings. The molecule has 0 saturated heterocycles. The quantitative estimate of drug-likeness (QED) is 0.838. The molecule has 0 atom stereocenters. The van der Waals surface area contributed by atoms with E-state index in [-0.39, 0.29) is 11.8 Å². The lowest BCUT2D eigenvalue weighted by Crippen LogP contribution is -2.23. The van der Waals surface area contributed by atoms with Crippen molar-refractivity contribution in [2.24, 2.45) is 0 Å². The van der Waals surface area contributed by atoms with Gasteiger partial charge in [-0.3, -0.25) is 4.79 Å². The zero-order valence-electron chi connectivity index (χ0n) is 9.43. The highest BCUT2D eigenvalue weighted by Gasteiger charge is 2.17. The Bertz CT molecular complexity index is 500. The van der Waals surface area contributed by atoms with Crippen molar-refractivity contribution in [3.8, 4) is 0 Å². The summed E-state index contributed by atoms with van der Waals surface area (Å²) in [5, 5.41) is 6.40. The third-order valence-corrected chi connectivity index (χ3v) is 2.41. The summed E-state index contributed by atoms with van der Waals surface area (Å²) in [4.78, 5) is 11.8. The van der Waals surface area contributed by atoms with E-state index in [2.05, 4.69) is 10.5 Å². The van der Waals surface area contributed by atoms with Gasteiger partial charge in [-0.1, -0.05) is 35.5 Å². The molecular formula is C12H13N3O2. The molecule has 0 spiro atoms. The second kappa shape index (κ2) is 4.69. The van der Waals surface area contributed by atoms with Crippen LogP contribution in [0.5, 0.6) is 0 Å². The average Bonchev–Trinajstić information content (AvgIpc) is 2.67. The number of rotatable bonds is 3. The van der Waals surface area contributed by atoms with Crippen LogP contribution in [0.15, 0.2) is 34.9 Å². The lowest BCUT2D eigenvalue weighted by molar-refractivity contribution is 0.0951. The molecule has 0 aliphatic heterocycles. The maximum atomic E-state index is 11.8. The largest absolute Gasteiger partial charge is 0.367 e. The molecule has 5 heteroatoms. The first-order valence-electron chi connectivity index (χ1n) is 5.22. The Morgan fingerprint density at radius 1 is 1.41 bits per heavy atom. The summed E-state index contributed by atoms with van der Waals surface area (Å²) in [7, 11) is 0. The average molecular weight is 231 g/mol. The van der Waals surface area contributed by atoms with Gasteiger partial charge >= 0.3 is 0 Å². The predicted molar refractivity (Wildman–Crippen MR) is 63.3 cm³/mol. The van der Waals surface area contributed by atoms with Gasteiger partial charge in [-0.2, -0.15) is 0 Å². The van der Waals surface area contributed by atoms with Crippen molar-refractivity contribution in [3.63, 3.8) is 0 Å². The molecule has 0 unspecified atom stereocenters. The number of aryl methyl sites for hydroxylation is 1. The summed E-state index contributed by atoms with van der Waals surface area (Å²) in [6, 6.07) is 9.63. The molecule has 0 radical (unpaired) electrons. The van der Waals surface area contributed by atoms with E-state index in [9.17, 15) is 4.79 Å². The molecule has 0 bridgehead atoms. The topological polar surface area (TPSA) is 81.2 Å². The highest BCUT2D eigenvalue weighted by atomic mass is 16.5. The van der Waals surface area contributed by atoms with Crippen LogP contribution >= 0.6 is 0 Å². The van der Waals surface area contributed by atoms with E-state index in [4.69, 9.17) is 10.3 Å². The van der Waals surface area contributed by atoms with Gasteiger partial charge in [-0.15, -0.1) is 0 Å². The van der Waals surface area contributed by atoms with Crippen LogP contribution in [0.25, 0.3) is 0 Å². The maximum absolute atomic E-state index is 11.8. The van der Waals surface area contributed by atoms with Crippen LogP contribution in [0.3, 0.4) is 0 Å². The highest BCUT2D eigenvalue weighted by Crippen LogP contribution is 2.15. The molecule has 17 heavy (non-hydrogen) atoms. The van der Waals surface area contributed by atoms with Gasteiger partial charge in [0.25, 0.3) is 5.91 Å². The second-order valence-corrected chi connectivity index (χ2v) is 3.68. The minimum atomic E-state index is -0.273. The Labute approximate surface area is 98.6 Å². The summed E-state index contributed by atoms with van der Waals surface area (Å²) in [5.41, 5.74) is 7.34. The van der Waals surface area contributed by atoms with Gasteiger partial charge in [0.15, 0.2) is 0 Å². The van der Waals surface area contributed by atoms with Crippen molar-refractivity contribution >= 4 is 11.8 Å². The Morgan fingerprint density at radius 3 is 2.71 bits per heavy atom. The number of nitrogens with one attached hydrogen (secondary N) is 1. The molecule has 2 rings (SSSR count). The van der Waals surface area contributed by atoms with E-state index in [1.54, 1.807) is 6.92 Å². The van der Waals surface area contributed by atoms with Gasteiger partial charge in [-0.05, 0) is 12.5 Å². The van der Waals surface area contributed by atoms with Crippen LogP contribution in [0.2, 0.25) is 0 Å². The molecule has 5 nitrogen and oxygen atoms in total. The number of benzene rings is 1. The maximum Gasteiger partial charge on any atom is 0.259 e. The smallest absolute Gasteiger partial charge is 0.259 e. The van der Waals surface area contributed by atoms with Crippen molar-refractivity contribution in [1.29, 1.82) is 0 Å². The van der Waals surface area contributed by atoms with E-state index in [1.807, 2.05) is 30.3 Å². The van der Waals surface area contributed by atoms with E-state index < -0.39 is 0 Å². The van der Waals surface area contributed by atoms with Gasteiger partial charge in [0.2, 0.25) is 5.88 Å². The summed E-state index contributed by atoms with van der Waals surface area (Å²) in [6.07, 6.45) is 0. The summed E-state index contributed by atoms with van der Waals surface area (Å²) in [6.45, 7) is 2.13. The minimum absolute atomic E-state index is 0.0491. The number of carbonyl (C=O) groups excluding carboxylic acids is 1. The van der Waals surface area contributed by atoms with Crippen LogP contribution in [-0.4, -0.2) is 11.1 Å². The minimum Gasteiger partial charge on any atom is -0.367 e. The number of hydrogen-bond donors (Lipinski definition) is 2. The van der Waals surface area contributed by atoms with Crippen LogP contribution < -0.4 is 11.1 Å². The Morgan fingerprint density at radius 2 is 2.12 bits per heavy atom. The van der Waals surface area contributed by atoms with Gasteiger partial charge in [0.05, 0.1) is 5.69 Å². The van der Waals surface area contributed by atoms with Gasteiger partial charge in [0.1, 0.15) is 5.56 Å². The Hall–Kier alpha value is -2.30. The zero-order valence-corrected chi connectivity index (χ0v) is 9.43. The molecule has 1 amide bonds. The number of nitrogen functional groups attached to an aromatic ring is 1.